The largest absolute Gasteiger partial charge is 0.455 e. The first-order valence-corrected chi connectivity index (χ1v) is 7.56. The minimum Gasteiger partial charge on any atom is -0.455 e. The molecule has 2 atom stereocenters. The number of nitro groups is 1. The molecular formula is C16H20N2O4. The first-order valence-electron chi connectivity index (χ1n) is 7.56. The van der Waals surface area contributed by atoms with Crippen LogP contribution in [0.2, 0.25) is 0 Å². The Morgan fingerprint density at radius 1 is 1.27 bits per heavy atom. The number of piperidine rings is 1. The maximum atomic E-state index is 12.4. The Morgan fingerprint density at radius 2 is 1.82 bits per heavy atom. The van der Waals surface area contributed by atoms with E-state index in [4.69, 9.17) is 4.74 Å². The van der Waals surface area contributed by atoms with Gasteiger partial charge in [-0.05, 0) is 38.9 Å². The third-order valence-corrected chi connectivity index (χ3v) is 5.18. The van der Waals surface area contributed by atoms with E-state index in [1.807, 2.05) is 6.92 Å². The molecule has 6 heteroatoms. The second kappa shape index (κ2) is 5.35. The van der Waals surface area contributed by atoms with E-state index >= 15 is 0 Å². The van der Waals surface area contributed by atoms with Gasteiger partial charge in [0.1, 0.15) is 5.60 Å². The number of nitrogens with zero attached hydrogens (tertiary/aromatic N) is 2. The van der Waals surface area contributed by atoms with Crippen LogP contribution in [0.5, 0.6) is 0 Å². The van der Waals surface area contributed by atoms with Crippen LogP contribution in [0.1, 0.15) is 30.1 Å². The van der Waals surface area contributed by atoms with Crippen LogP contribution in [0.25, 0.3) is 0 Å². The van der Waals surface area contributed by atoms with Crippen molar-refractivity contribution in [1.82, 2.24) is 4.90 Å². The van der Waals surface area contributed by atoms with Gasteiger partial charge in [-0.1, -0.05) is 0 Å². The van der Waals surface area contributed by atoms with Gasteiger partial charge < -0.3 is 9.64 Å². The maximum absolute atomic E-state index is 12.4. The van der Waals surface area contributed by atoms with E-state index in [1.54, 1.807) is 0 Å². The Morgan fingerprint density at radius 3 is 2.32 bits per heavy atom. The molecule has 0 amide bonds. The molecule has 2 fully saturated rings. The predicted octanol–water partition coefficient (Wildman–Crippen LogP) is 2.48. The highest BCUT2D eigenvalue weighted by Crippen LogP contribution is 2.47. The number of benzene rings is 1. The number of fused-ring (bicyclic) bond motifs is 2. The van der Waals surface area contributed by atoms with Crippen molar-refractivity contribution in [3.05, 3.63) is 39.9 Å². The number of hydrogen-bond acceptors (Lipinski definition) is 5. The van der Waals surface area contributed by atoms with Crippen molar-refractivity contribution in [3.8, 4) is 0 Å². The zero-order valence-electron chi connectivity index (χ0n) is 12.8. The molecule has 2 aliphatic rings. The van der Waals surface area contributed by atoms with Crippen molar-refractivity contribution in [2.75, 3.05) is 20.1 Å². The molecule has 1 aromatic rings. The topological polar surface area (TPSA) is 72.7 Å². The zero-order valence-corrected chi connectivity index (χ0v) is 12.8. The Hall–Kier alpha value is -1.95. The highest BCUT2D eigenvalue weighted by Gasteiger charge is 2.53. The van der Waals surface area contributed by atoms with Gasteiger partial charge in [0.25, 0.3) is 5.69 Å². The van der Waals surface area contributed by atoms with Crippen molar-refractivity contribution in [1.29, 1.82) is 0 Å². The number of esters is 1. The molecule has 2 bridgehead atoms. The molecule has 22 heavy (non-hydrogen) atoms. The van der Waals surface area contributed by atoms with E-state index in [-0.39, 0.29) is 11.7 Å². The molecule has 0 radical (unpaired) electrons. The average molecular weight is 304 g/mol. The van der Waals surface area contributed by atoms with E-state index in [2.05, 4.69) is 11.9 Å². The fourth-order valence-corrected chi connectivity index (χ4v) is 3.83. The van der Waals surface area contributed by atoms with Gasteiger partial charge in [-0.2, -0.15) is 0 Å². The molecule has 0 unspecified atom stereocenters. The zero-order chi connectivity index (χ0) is 15.9. The molecule has 118 valence electrons. The molecule has 1 heterocycles. The van der Waals surface area contributed by atoms with Crippen LogP contribution in [0.15, 0.2) is 24.3 Å². The van der Waals surface area contributed by atoms with Gasteiger partial charge in [-0.3, -0.25) is 10.1 Å². The molecule has 0 aromatic heterocycles. The van der Waals surface area contributed by atoms with Crippen molar-refractivity contribution >= 4 is 11.7 Å². The normalized spacial score (nSPS) is 31.0. The van der Waals surface area contributed by atoms with Crippen LogP contribution in [-0.4, -0.2) is 41.5 Å². The Kier molecular flexibility index (Phi) is 3.64. The van der Waals surface area contributed by atoms with Gasteiger partial charge in [0.15, 0.2) is 0 Å². The summed E-state index contributed by atoms with van der Waals surface area (Å²) in [6.07, 6.45) is 2.16. The Balaban J connectivity index is 1.75. The molecule has 0 spiro atoms. The van der Waals surface area contributed by atoms with Crippen molar-refractivity contribution in [3.63, 3.8) is 0 Å². The molecule has 1 aromatic carbocycles. The van der Waals surface area contributed by atoms with Gasteiger partial charge in [-0.25, -0.2) is 4.79 Å². The maximum Gasteiger partial charge on any atom is 0.338 e. The number of hydrogen-bond donors (Lipinski definition) is 0. The minimum absolute atomic E-state index is 0.0258. The molecule has 1 saturated carbocycles. The van der Waals surface area contributed by atoms with Crippen LogP contribution in [0, 0.1) is 22.0 Å². The van der Waals surface area contributed by atoms with Gasteiger partial charge >= 0.3 is 5.97 Å². The number of ether oxygens (including phenoxy) is 1. The van der Waals surface area contributed by atoms with Crippen LogP contribution in [0.3, 0.4) is 0 Å². The average Bonchev–Trinajstić information content (AvgIpc) is 2.65. The van der Waals surface area contributed by atoms with Crippen molar-refractivity contribution in [2.24, 2.45) is 11.8 Å². The smallest absolute Gasteiger partial charge is 0.338 e. The van der Waals surface area contributed by atoms with Crippen molar-refractivity contribution < 1.29 is 14.5 Å². The lowest BCUT2D eigenvalue weighted by Crippen LogP contribution is -2.53. The lowest BCUT2D eigenvalue weighted by atomic mass is 9.82. The highest BCUT2D eigenvalue weighted by atomic mass is 16.6. The molecule has 1 aliphatic carbocycles. The van der Waals surface area contributed by atoms with Gasteiger partial charge in [0.2, 0.25) is 0 Å². The van der Waals surface area contributed by atoms with Crippen LogP contribution in [0.4, 0.5) is 5.69 Å². The van der Waals surface area contributed by atoms with Crippen LogP contribution < -0.4 is 0 Å². The number of carbonyl (C=O) groups is 1. The van der Waals surface area contributed by atoms with Gasteiger partial charge in [-0.15, -0.1) is 0 Å². The summed E-state index contributed by atoms with van der Waals surface area (Å²) in [5, 5.41) is 10.7. The molecule has 3 rings (SSSR count). The summed E-state index contributed by atoms with van der Waals surface area (Å²) in [7, 11) is 2.10. The number of likely N-dealkylation sites (tertiary alicyclic amines) is 1. The minimum atomic E-state index is -0.479. The quantitative estimate of drug-likeness (QED) is 0.487. The van der Waals surface area contributed by atoms with Crippen molar-refractivity contribution in [2.45, 2.75) is 25.4 Å². The molecule has 0 N–H and O–H groups in total. The van der Waals surface area contributed by atoms with Crippen LogP contribution >= 0.6 is 0 Å². The first-order chi connectivity index (χ1) is 10.4. The second-order valence-corrected chi connectivity index (χ2v) is 6.57. The van der Waals surface area contributed by atoms with Gasteiger partial charge in [0, 0.05) is 37.1 Å². The summed E-state index contributed by atoms with van der Waals surface area (Å²) in [4.78, 5) is 24.9. The number of carbonyl (C=O) groups excluding carboxylic acids is 1. The predicted molar refractivity (Wildman–Crippen MR) is 80.6 cm³/mol. The highest BCUT2D eigenvalue weighted by molar-refractivity contribution is 5.90. The lowest BCUT2D eigenvalue weighted by Gasteiger charge is -2.43. The van der Waals surface area contributed by atoms with E-state index in [0.717, 1.165) is 25.9 Å². The fourth-order valence-electron chi connectivity index (χ4n) is 3.83. The molecule has 1 saturated heterocycles. The number of rotatable bonds is 3. The van der Waals surface area contributed by atoms with E-state index in [0.29, 0.717) is 17.4 Å². The Bertz CT molecular complexity index is 585. The molecule has 6 nitrogen and oxygen atoms in total. The SMILES string of the molecule is CN1C[C@H]2CC[C@H](C1)C2(C)OC(=O)c1ccc([N+](=O)[O-])cc1. The second-order valence-electron chi connectivity index (χ2n) is 6.57. The Labute approximate surface area is 129 Å². The van der Waals surface area contributed by atoms with E-state index in [1.165, 1.54) is 24.3 Å². The third-order valence-electron chi connectivity index (χ3n) is 5.18. The van der Waals surface area contributed by atoms with Gasteiger partial charge in [0.05, 0.1) is 10.5 Å². The summed E-state index contributed by atoms with van der Waals surface area (Å²) < 4.78 is 5.87. The summed E-state index contributed by atoms with van der Waals surface area (Å²) in [6, 6.07) is 5.59. The monoisotopic (exact) mass is 304 g/mol. The summed E-state index contributed by atoms with van der Waals surface area (Å²) in [5.41, 5.74) is -0.0852. The fraction of sp³-hybridized carbons (Fsp3) is 0.562. The lowest BCUT2D eigenvalue weighted by molar-refractivity contribution is -0.384. The summed E-state index contributed by atoms with van der Waals surface area (Å²) in [5.74, 6) is 0.329. The van der Waals surface area contributed by atoms with E-state index in [9.17, 15) is 14.9 Å². The van der Waals surface area contributed by atoms with E-state index < -0.39 is 10.5 Å². The summed E-state index contributed by atoms with van der Waals surface area (Å²) in [6.45, 7) is 3.92. The third kappa shape index (κ3) is 2.47. The number of nitro benzene ring substituents is 1. The standard InChI is InChI=1S/C16H20N2O4/c1-16(12-5-6-13(16)10-17(2)9-12)22-15(19)11-3-7-14(8-4-11)18(20)21/h3-4,7-8,12-13H,5-6,9-10H2,1-2H3/t12-,13-/m1/s1. The molecular weight excluding hydrogens is 284 g/mol. The summed E-state index contributed by atoms with van der Waals surface area (Å²) >= 11 is 0. The number of non-ortho nitro benzene ring substituents is 1. The first kappa shape index (κ1) is 15.0. The molecule has 1 aliphatic heterocycles. The van der Waals surface area contributed by atoms with Crippen LogP contribution in [-0.2, 0) is 4.74 Å².